The second-order valence-electron chi connectivity index (χ2n) is 4.32. The Labute approximate surface area is 89.0 Å². The van der Waals surface area contributed by atoms with Crippen LogP contribution in [0.25, 0.3) is 0 Å². The van der Waals surface area contributed by atoms with E-state index in [1.165, 1.54) is 17.6 Å². The van der Waals surface area contributed by atoms with Crippen LogP contribution in [0, 0.1) is 16.7 Å². The first-order valence-electron chi connectivity index (χ1n) is 4.70. The summed E-state index contributed by atoms with van der Waals surface area (Å²) >= 11 is 3.70. The lowest BCUT2D eigenvalue weighted by Gasteiger charge is -2.38. The lowest BCUT2D eigenvalue weighted by molar-refractivity contribution is 0.381. The fraction of sp³-hybridized carbons (Fsp3) is 0.727. The van der Waals surface area contributed by atoms with Gasteiger partial charge in [-0.3, -0.25) is 0 Å². The van der Waals surface area contributed by atoms with Gasteiger partial charge in [0.2, 0.25) is 0 Å². The first kappa shape index (κ1) is 10.8. The van der Waals surface area contributed by atoms with Crippen LogP contribution in [0.3, 0.4) is 0 Å². The molecule has 0 saturated carbocycles. The number of rotatable bonds is 1. The van der Waals surface area contributed by atoms with E-state index in [0.717, 1.165) is 6.42 Å². The molecule has 13 heavy (non-hydrogen) atoms. The second-order valence-corrected chi connectivity index (χ2v) is 5.43. The molecule has 0 saturated heterocycles. The molecular formula is C11H16BrN. The quantitative estimate of drug-likeness (QED) is 0.506. The predicted molar refractivity (Wildman–Crippen MR) is 58.7 cm³/mol. The Kier molecular flexibility index (Phi) is 3.18. The Hall–Kier alpha value is -0.290. The third-order valence-corrected chi connectivity index (χ3v) is 4.71. The molecule has 1 aliphatic carbocycles. The van der Waals surface area contributed by atoms with Gasteiger partial charge in [-0.2, -0.15) is 5.26 Å². The van der Waals surface area contributed by atoms with E-state index < -0.39 is 0 Å². The van der Waals surface area contributed by atoms with Crippen molar-refractivity contribution in [2.24, 2.45) is 5.41 Å². The average molecular weight is 242 g/mol. The Balaban J connectivity index is 3.02. The molecule has 0 unspecified atom stereocenters. The van der Waals surface area contributed by atoms with Gasteiger partial charge >= 0.3 is 0 Å². The third kappa shape index (κ3) is 1.96. The van der Waals surface area contributed by atoms with Crippen LogP contribution >= 0.6 is 15.9 Å². The summed E-state index contributed by atoms with van der Waals surface area (Å²) < 4.78 is 0. The molecule has 0 heterocycles. The topological polar surface area (TPSA) is 23.8 Å². The van der Waals surface area contributed by atoms with Crippen molar-refractivity contribution in [2.75, 3.05) is 0 Å². The summed E-state index contributed by atoms with van der Waals surface area (Å²) in [6.45, 7) is 6.61. The van der Waals surface area contributed by atoms with Gasteiger partial charge in [-0.05, 0) is 25.2 Å². The van der Waals surface area contributed by atoms with Crippen LogP contribution < -0.4 is 0 Å². The number of halogens is 1. The summed E-state index contributed by atoms with van der Waals surface area (Å²) in [5, 5.41) is 8.76. The number of hydrogen-bond donors (Lipinski definition) is 0. The number of alkyl halides is 1. The molecule has 0 fully saturated rings. The number of nitrogens with zero attached hydrogens (tertiary/aromatic N) is 1. The Morgan fingerprint density at radius 1 is 1.62 bits per heavy atom. The Morgan fingerprint density at radius 3 is 2.77 bits per heavy atom. The Bertz CT molecular complexity index is 270. The maximum atomic E-state index is 8.76. The van der Waals surface area contributed by atoms with Crippen LogP contribution in [-0.4, -0.2) is 4.83 Å². The van der Waals surface area contributed by atoms with E-state index in [-0.39, 0.29) is 5.41 Å². The fourth-order valence-electron chi connectivity index (χ4n) is 2.05. The molecular weight excluding hydrogens is 226 g/mol. The zero-order valence-electron chi connectivity index (χ0n) is 8.52. The van der Waals surface area contributed by atoms with Crippen molar-refractivity contribution in [1.82, 2.24) is 0 Å². The highest BCUT2D eigenvalue weighted by Gasteiger charge is 2.35. The predicted octanol–water partition coefficient (Wildman–Crippen LogP) is 3.80. The SMILES string of the molecule is CC1=C(CC#N)C(C)(C)[C@@H](Br)CC1. The van der Waals surface area contributed by atoms with Crippen LogP contribution in [0.5, 0.6) is 0 Å². The summed E-state index contributed by atoms with van der Waals surface area (Å²) in [6.07, 6.45) is 2.91. The summed E-state index contributed by atoms with van der Waals surface area (Å²) in [4.78, 5) is 0.520. The molecule has 0 aromatic rings. The molecule has 1 nitrogen and oxygen atoms in total. The lowest BCUT2D eigenvalue weighted by atomic mass is 9.71. The number of hydrogen-bond acceptors (Lipinski definition) is 1. The monoisotopic (exact) mass is 241 g/mol. The van der Waals surface area contributed by atoms with E-state index in [0.29, 0.717) is 11.2 Å². The largest absolute Gasteiger partial charge is 0.198 e. The first-order valence-corrected chi connectivity index (χ1v) is 5.62. The van der Waals surface area contributed by atoms with Crippen LogP contribution in [-0.2, 0) is 0 Å². The minimum atomic E-state index is 0.151. The molecule has 0 aromatic heterocycles. The zero-order valence-corrected chi connectivity index (χ0v) is 10.1. The molecule has 1 atom stereocenters. The standard InChI is InChI=1S/C11H16BrN/c1-8-4-5-10(12)11(2,3)9(8)6-7-13/h10H,4-6H2,1-3H3/t10-/m0/s1. The molecule has 0 spiro atoms. The van der Waals surface area contributed by atoms with E-state index in [4.69, 9.17) is 5.26 Å². The van der Waals surface area contributed by atoms with Crippen molar-refractivity contribution in [3.63, 3.8) is 0 Å². The molecule has 0 aromatic carbocycles. The van der Waals surface area contributed by atoms with E-state index >= 15 is 0 Å². The summed E-state index contributed by atoms with van der Waals surface area (Å²) in [5.74, 6) is 0. The summed E-state index contributed by atoms with van der Waals surface area (Å²) in [5.41, 5.74) is 2.91. The second kappa shape index (κ2) is 3.84. The normalized spacial score (nSPS) is 27.2. The van der Waals surface area contributed by atoms with Crippen molar-refractivity contribution in [1.29, 1.82) is 5.26 Å². The van der Waals surface area contributed by atoms with Gasteiger partial charge in [0.15, 0.2) is 0 Å². The minimum absolute atomic E-state index is 0.151. The van der Waals surface area contributed by atoms with Gasteiger partial charge in [-0.1, -0.05) is 40.9 Å². The van der Waals surface area contributed by atoms with E-state index in [1.54, 1.807) is 0 Å². The van der Waals surface area contributed by atoms with E-state index in [2.05, 4.69) is 42.8 Å². The highest BCUT2D eigenvalue weighted by Crippen LogP contribution is 2.45. The summed E-state index contributed by atoms with van der Waals surface area (Å²) in [7, 11) is 0. The van der Waals surface area contributed by atoms with Crippen LogP contribution in [0.15, 0.2) is 11.1 Å². The molecule has 2 heteroatoms. The van der Waals surface area contributed by atoms with Crippen molar-refractivity contribution in [3.05, 3.63) is 11.1 Å². The number of allylic oxidation sites excluding steroid dienone is 2. The molecule has 0 N–H and O–H groups in total. The van der Waals surface area contributed by atoms with Gasteiger partial charge in [-0.25, -0.2) is 0 Å². The van der Waals surface area contributed by atoms with Crippen molar-refractivity contribution in [3.8, 4) is 6.07 Å². The maximum Gasteiger partial charge on any atom is 0.0666 e. The van der Waals surface area contributed by atoms with Crippen molar-refractivity contribution in [2.45, 2.75) is 44.9 Å². The van der Waals surface area contributed by atoms with E-state index in [9.17, 15) is 0 Å². The van der Waals surface area contributed by atoms with Crippen LogP contribution in [0.2, 0.25) is 0 Å². The number of nitriles is 1. The molecule has 72 valence electrons. The molecule has 0 bridgehead atoms. The van der Waals surface area contributed by atoms with Gasteiger partial charge in [-0.15, -0.1) is 0 Å². The molecule has 1 rings (SSSR count). The van der Waals surface area contributed by atoms with Crippen molar-refractivity contribution >= 4 is 15.9 Å². The van der Waals surface area contributed by atoms with Gasteiger partial charge < -0.3 is 0 Å². The minimum Gasteiger partial charge on any atom is -0.198 e. The fourth-order valence-corrected chi connectivity index (χ4v) is 2.56. The van der Waals surface area contributed by atoms with E-state index in [1.807, 2.05) is 0 Å². The van der Waals surface area contributed by atoms with Gasteiger partial charge in [0.25, 0.3) is 0 Å². The first-order chi connectivity index (χ1) is 6.00. The average Bonchev–Trinajstić information content (AvgIpc) is 2.06. The van der Waals surface area contributed by atoms with Crippen molar-refractivity contribution < 1.29 is 0 Å². The highest BCUT2D eigenvalue weighted by atomic mass is 79.9. The van der Waals surface area contributed by atoms with Gasteiger partial charge in [0.1, 0.15) is 0 Å². The van der Waals surface area contributed by atoms with Gasteiger partial charge in [0.05, 0.1) is 12.5 Å². The highest BCUT2D eigenvalue weighted by molar-refractivity contribution is 9.09. The maximum absolute atomic E-state index is 8.76. The summed E-state index contributed by atoms with van der Waals surface area (Å²) in [6, 6.07) is 2.27. The molecule has 0 aliphatic heterocycles. The zero-order chi connectivity index (χ0) is 10.1. The van der Waals surface area contributed by atoms with Crippen LogP contribution in [0.1, 0.15) is 40.0 Å². The smallest absolute Gasteiger partial charge is 0.0666 e. The Morgan fingerprint density at radius 2 is 2.23 bits per heavy atom. The van der Waals surface area contributed by atoms with Gasteiger partial charge in [0, 0.05) is 4.83 Å². The lowest BCUT2D eigenvalue weighted by Crippen LogP contribution is -2.31. The molecule has 0 amide bonds. The van der Waals surface area contributed by atoms with Crippen LogP contribution in [0.4, 0.5) is 0 Å². The molecule has 0 radical (unpaired) electrons. The third-order valence-electron chi connectivity index (χ3n) is 3.10. The molecule has 1 aliphatic rings.